The molecule has 1 saturated heterocycles. The molecule has 3 atom stereocenters. The Balaban J connectivity index is 1.88. The van der Waals surface area contributed by atoms with E-state index < -0.39 is 0 Å². The fraction of sp³-hybridized carbons (Fsp3) is 0.500. The maximum atomic E-state index is 10.9. The van der Waals surface area contributed by atoms with Crippen molar-refractivity contribution in [1.29, 1.82) is 0 Å². The first kappa shape index (κ1) is 14.6. The van der Waals surface area contributed by atoms with E-state index in [1.54, 1.807) is 6.20 Å². The summed E-state index contributed by atoms with van der Waals surface area (Å²) in [5.41, 5.74) is 13.1. The van der Waals surface area contributed by atoms with Gasteiger partial charge in [-0.2, -0.15) is 0 Å². The van der Waals surface area contributed by atoms with Crippen LogP contribution in [-0.2, 0) is 14.3 Å². The Morgan fingerprint density at radius 1 is 1.50 bits per heavy atom. The van der Waals surface area contributed by atoms with Crippen LogP contribution < -0.4 is 11.5 Å². The van der Waals surface area contributed by atoms with Crippen LogP contribution in [0, 0.1) is 5.92 Å². The summed E-state index contributed by atoms with van der Waals surface area (Å²) < 4.78 is 12.9. The zero-order valence-corrected chi connectivity index (χ0v) is 12.5. The van der Waals surface area contributed by atoms with Gasteiger partial charge in [0.2, 0.25) is 0 Å². The van der Waals surface area contributed by atoms with E-state index in [1.807, 2.05) is 4.57 Å². The van der Waals surface area contributed by atoms with Crippen molar-refractivity contribution in [3.05, 3.63) is 12.5 Å². The highest BCUT2D eigenvalue weighted by atomic mass is 16.6. The predicted octanol–water partition coefficient (Wildman–Crippen LogP) is 1.08. The summed E-state index contributed by atoms with van der Waals surface area (Å²) in [6.07, 6.45) is 3.60. The maximum absolute atomic E-state index is 10.9. The van der Waals surface area contributed by atoms with Crippen LogP contribution in [0.3, 0.4) is 0 Å². The van der Waals surface area contributed by atoms with E-state index >= 15 is 0 Å². The minimum atomic E-state index is -0.309. The second-order valence-corrected chi connectivity index (χ2v) is 5.61. The van der Waals surface area contributed by atoms with Crippen molar-refractivity contribution in [1.82, 2.24) is 14.5 Å². The molecule has 0 aromatic carbocycles. The Labute approximate surface area is 127 Å². The smallest absolute Gasteiger partial charge is 0.302 e. The average Bonchev–Trinajstić information content (AvgIpc) is 2.98. The number of carbonyl (C=O) groups excluding carboxylic acids is 1. The van der Waals surface area contributed by atoms with Crippen LogP contribution in [0.15, 0.2) is 12.5 Å². The Kier molecular flexibility index (Phi) is 3.61. The molecule has 1 aliphatic rings. The first-order valence-corrected chi connectivity index (χ1v) is 7.12. The van der Waals surface area contributed by atoms with Gasteiger partial charge in [-0.15, -0.1) is 0 Å². The summed E-state index contributed by atoms with van der Waals surface area (Å²) in [5.74, 6) is 0.269. The van der Waals surface area contributed by atoms with E-state index in [2.05, 4.69) is 16.9 Å². The minimum Gasteiger partial charge on any atom is -0.463 e. The molecule has 0 saturated carbocycles. The van der Waals surface area contributed by atoms with E-state index in [4.69, 9.17) is 20.9 Å². The Hall–Kier alpha value is -2.35. The molecular formula is C14H19N5O3. The first-order valence-electron chi connectivity index (χ1n) is 7.12. The number of rotatable bonds is 3. The third-order valence-corrected chi connectivity index (χ3v) is 3.87. The van der Waals surface area contributed by atoms with E-state index in [1.165, 1.54) is 13.3 Å². The summed E-state index contributed by atoms with van der Waals surface area (Å²) in [4.78, 5) is 19.2. The summed E-state index contributed by atoms with van der Waals surface area (Å²) in [7, 11) is 0. The van der Waals surface area contributed by atoms with Crippen LogP contribution in [0.5, 0.6) is 0 Å². The third-order valence-electron chi connectivity index (χ3n) is 3.87. The third kappa shape index (κ3) is 2.45. The zero-order valence-electron chi connectivity index (χ0n) is 12.5. The Bertz CT molecular complexity index is 714. The van der Waals surface area contributed by atoms with Crippen molar-refractivity contribution in [2.75, 3.05) is 18.1 Å². The molecule has 3 unspecified atom stereocenters. The average molecular weight is 305 g/mol. The van der Waals surface area contributed by atoms with Crippen LogP contribution in [-0.4, -0.2) is 33.2 Å². The molecule has 3 heterocycles. The van der Waals surface area contributed by atoms with Gasteiger partial charge in [-0.25, -0.2) is 9.97 Å². The molecule has 8 heteroatoms. The molecule has 0 radical (unpaired) electrons. The summed E-state index contributed by atoms with van der Waals surface area (Å²) in [6, 6.07) is 0. The monoisotopic (exact) mass is 305 g/mol. The molecule has 0 aliphatic carbocycles. The molecule has 2 aromatic rings. The van der Waals surface area contributed by atoms with Gasteiger partial charge >= 0.3 is 5.97 Å². The van der Waals surface area contributed by atoms with E-state index in [0.29, 0.717) is 22.5 Å². The number of hydrogen-bond donors (Lipinski definition) is 2. The molecule has 1 aliphatic heterocycles. The van der Waals surface area contributed by atoms with Gasteiger partial charge in [-0.05, 0) is 6.42 Å². The van der Waals surface area contributed by atoms with Crippen LogP contribution in [0.4, 0.5) is 11.5 Å². The normalized spacial score (nSPS) is 24.7. The number of esters is 1. The van der Waals surface area contributed by atoms with Crippen molar-refractivity contribution in [3.8, 4) is 0 Å². The lowest BCUT2D eigenvalue weighted by Crippen LogP contribution is -2.18. The first-order chi connectivity index (χ1) is 10.5. The molecule has 2 aromatic heterocycles. The van der Waals surface area contributed by atoms with Crippen LogP contribution >= 0.6 is 0 Å². The SMILES string of the molecule is CC(=O)OCC1CC(C)C(n2cc(N)c3c(N)ncnc32)O1. The minimum absolute atomic E-state index is 0.137. The molecular weight excluding hydrogens is 286 g/mol. The van der Waals surface area contributed by atoms with Gasteiger partial charge < -0.3 is 25.5 Å². The largest absolute Gasteiger partial charge is 0.463 e. The van der Waals surface area contributed by atoms with Gasteiger partial charge in [0.05, 0.1) is 17.2 Å². The van der Waals surface area contributed by atoms with E-state index in [9.17, 15) is 4.79 Å². The fourth-order valence-corrected chi connectivity index (χ4v) is 2.91. The second-order valence-electron chi connectivity index (χ2n) is 5.61. The highest BCUT2D eigenvalue weighted by molar-refractivity contribution is 5.97. The predicted molar refractivity (Wildman–Crippen MR) is 80.7 cm³/mol. The number of anilines is 2. The lowest BCUT2D eigenvalue weighted by molar-refractivity contribution is -0.145. The summed E-state index contributed by atoms with van der Waals surface area (Å²) in [5, 5.41) is 0.640. The summed E-state index contributed by atoms with van der Waals surface area (Å²) in [6.45, 7) is 3.71. The Morgan fingerprint density at radius 2 is 2.27 bits per heavy atom. The maximum Gasteiger partial charge on any atom is 0.302 e. The standard InChI is InChI=1S/C14H19N5O3/c1-7-3-9(5-21-8(2)20)22-14(7)19-4-10(15)11-12(16)17-6-18-13(11)19/h4,6-7,9,14H,3,5,15H2,1-2H3,(H2,16,17,18). The quantitative estimate of drug-likeness (QED) is 0.814. The lowest BCUT2D eigenvalue weighted by atomic mass is 10.1. The molecule has 118 valence electrons. The highest BCUT2D eigenvalue weighted by Gasteiger charge is 2.35. The van der Waals surface area contributed by atoms with Crippen LogP contribution in [0.25, 0.3) is 11.0 Å². The molecule has 22 heavy (non-hydrogen) atoms. The second kappa shape index (κ2) is 5.45. The number of nitrogens with two attached hydrogens (primary N) is 2. The molecule has 0 bridgehead atoms. The molecule has 1 fully saturated rings. The highest BCUT2D eigenvalue weighted by Crippen LogP contribution is 2.38. The van der Waals surface area contributed by atoms with Gasteiger partial charge in [0.25, 0.3) is 0 Å². The number of carbonyl (C=O) groups is 1. The van der Waals surface area contributed by atoms with Gasteiger partial charge in [0, 0.05) is 19.0 Å². The number of ether oxygens (including phenoxy) is 2. The van der Waals surface area contributed by atoms with E-state index in [0.717, 1.165) is 6.42 Å². The van der Waals surface area contributed by atoms with Gasteiger partial charge in [-0.1, -0.05) is 6.92 Å². The van der Waals surface area contributed by atoms with E-state index in [-0.39, 0.29) is 30.8 Å². The molecule has 4 N–H and O–H groups in total. The summed E-state index contributed by atoms with van der Waals surface area (Å²) >= 11 is 0. The van der Waals surface area contributed by atoms with Gasteiger partial charge in [0.1, 0.15) is 30.6 Å². The molecule has 8 nitrogen and oxygen atoms in total. The van der Waals surface area contributed by atoms with Crippen molar-refractivity contribution in [2.24, 2.45) is 5.92 Å². The zero-order chi connectivity index (χ0) is 15.9. The molecule has 3 rings (SSSR count). The lowest BCUT2D eigenvalue weighted by Gasteiger charge is -2.18. The number of aromatic nitrogens is 3. The number of fused-ring (bicyclic) bond motifs is 1. The fourth-order valence-electron chi connectivity index (χ4n) is 2.91. The molecule has 0 spiro atoms. The number of nitrogens with zero attached hydrogens (tertiary/aromatic N) is 3. The number of nitrogen functional groups attached to an aromatic ring is 2. The van der Waals surface area contributed by atoms with Crippen molar-refractivity contribution in [2.45, 2.75) is 32.6 Å². The van der Waals surface area contributed by atoms with Crippen molar-refractivity contribution < 1.29 is 14.3 Å². The number of hydrogen-bond acceptors (Lipinski definition) is 7. The van der Waals surface area contributed by atoms with Crippen LogP contribution in [0.1, 0.15) is 26.5 Å². The van der Waals surface area contributed by atoms with Crippen LogP contribution in [0.2, 0.25) is 0 Å². The Morgan fingerprint density at radius 3 is 3.00 bits per heavy atom. The van der Waals surface area contributed by atoms with Gasteiger partial charge in [0.15, 0.2) is 0 Å². The van der Waals surface area contributed by atoms with Gasteiger partial charge in [-0.3, -0.25) is 4.79 Å². The van der Waals surface area contributed by atoms with Crippen molar-refractivity contribution >= 4 is 28.5 Å². The van der Waals surface area contributed by atoms with Crippen molar-refractivity contribution in [3.63, 3.8) is 0 Å². The topological polar surface area (TPSA) is 118 Å². The molecule has 0 amide bonds.